The Labute approximate surface area is 206 Å². The first-order chi connectivity index (χ1) is 16.9. The van der Waals surface area contributed by atoms with Crippen molar-refractivity contribution in [2.45, 2.75) is 57.8 Å². The number of benzene rings is 2. The van der Waals surface area contributed by atoms with Crippen molar-refractivity contribution in [3.8, 4) is 0 Å². The first kappa shape index (κ1) is 24.9. The number of rotatable bonds is 6. The van der Waals surface area contributed by atoms with Crippen LogP contribution in [-0.2, 0) is 20.8 Å². The van der Waals surface area contributed by atoms with Crippen LogP contribution >= 0.6 is 0 Å². The molecule has 0 aromatic heterocycles. The highest BCUT2D eigenvalue weighted by Crippen LogP contribution is 2.28. The molecule has 0 aliphatic carbocycles. The number of likely N-dealkylation sites (tertiary alicyclic amines) is 2. The van der Waals surface area contributed by atoms with Crippen LogP contribution in [-0.4, -0.2) is 59.4 Å². The highest BCUT2D eigenvalue weighted by atomic mass is 19.1. The summed E-state index contributed by atoms with van der Waals surface area (Å²) in [5, 5.41) is 3.10. The predicted molar refractivity (Wildman–Crippen MR) is 132 cm³/mol. The Bertz CT molecular complexity index is 1040. The highest BCUT2D eigenvalue weighted by molar-refractivity contribution is 5.90. The highest BCUT2D eigenvalue weighted by Gasteiger charge is 2.43. The van der Waals surface area contributed by atoms with Crippen molar-refractivity contribution in [1.29, 1.82) is 0 Å². The lowest BCUT2D eigenvalue weighted by Crippen LogP contribution is -2.51. The van der Waals surface area contributed by atoms with Crippen LogP contribution in [0.25, 0.3) is 0 Å². The second kappa shape index (κ2) is 11.0. The average Bonchev–Trinajstić information content (AvgIpc) is 3.29. The van der Waals surface area contributed by atoms with Gasteiger partial charge in [-0.3, -0.25) is 14.4 Å². The summed E-state index contributed by atoms with van der Waals surface area (Å²) >= 11 is 0. The number of hydrogen-bond acceptors (Lipinski definition) is 3. The molecular weight excluding hydrogens is 445 g/mol. The van der Waals surface area contributed by atoms with Gasteiger partial charge in [0.15, 0.2) is 0 Å². The number of nitrogens with zero attached hydrogens (tertiary/aromatic N) is 2. The van der Waals surface area contributed by atoms with Crippen molar-refractivity contribution < 1.29 is 18.8 Å². The van der Waals surface area contributed by atoms with Gasteiger partial charge in [-0.15, -0.1) is 0 Å². The largest absolute Gasteiger partial charge is 0.343 e. The minimum atomic E-state index is -1.25. The van der Waals surface area contributed by atoms with Gasteiger partial charge in [0, 0.05) is 26.4 Å². The summed E-state index contributed by atoms with van der Waals surface area (Å²) in [6, 6.07) is 16.5. The topological polar surface area (TPSA) is 69.7 Å². The van der Waals surface area contributed by atoms with E-state index >= 15 is 0 Å². The number of halogens is 1. The van der Waals surface area contributed by atoms with E-state index in [1.807, 2.05) is 54.6 Å². The van der Waals surface area contributed by atoms with E-state index in [9.17, 15) is 18.8 Å². The molecule has 2 aromatic rings. The van der Waals surface area contributed by atoms with Crippen LogP contribution < -0.4 is 5.32 Å². The number of hydrogen-bond donors (Lipinski definition) is 1. The van der Waals surface area contributed by atoms with Crippen LogP contribution in [0.5, 0.6) is 0 Å². The van der Waals surface area contributed by atoms with Crippen LogP contribution in [0, 0.1) is 5.92 Å². The molecule has 7 heteroatoms. The molecule has 2 saturated heterocycles. The molecule has 4 rings (SSSR count). The molecule has 2 aliphatic rings. The molecule has 4 atom stereocenters. The van der Waals surface area contributed by atoms with Gasteiger partial charge in [-0.1, -0.05) is 61.5 Å². The lowest BCUT2D eigenvalue weighted by atomic mass is 9.95. The third-order valence-electron chi connectivity index (χ3n) is 7.19. The molecule has 0 unspecified atom stereocenters. The Morgan fingerprint density at radius 1 is 1.03 bits per heavy atom. The van der Waals surface area contributed by atoms with E-state index < -0.39 is 24.2 Å². The Morgan fingerprint density at radius 2 is 1.71 bits per heavy atom. The first-order valence-corrected chi connectivity index (χ1v) is 12.5. The predicted octanol–water partition coefficient (Wildman–Crippen LogP) is 3.65. The molecule has 2 fully saturated rings. The lowest BCUT2D eigenvalue weighted by Gasteiger charge is -2.35. The fourth-order valence-electron chi connectivity index (χ4n) is 5.16. The molecule has 0 radical (unpaired) electrons. The molecule has 1 N–H and O–H groups in total. The smallest absolute Gasteiger partial charge is 0.243 e. The quantitative estimate of drug-likeness (QED) is 0.688. The van der Waals surface area contributed by atoms with Gasteiger partial charge in [-0.05, 0) is 36.0 Å². The number of amides is 3. The van der Waals surface area contributed by atoms with Crippen molar-refractivity contribution >= 4 is 17.7 Å². The van der Waals surface area contributed by atoms with Crippen LogP contribution in [0.1, 0.15) is 55.8 Å². The summed E-state index contributed by atoms with van der Waals surface area (Å²) in [7, 11) is 0. The van der Waals surface area contributed by atoms with Crippen LogP contribution in [0.2, 0.25) is 0 Å². The number of aryl methyl sites for hydroxylation is 1. The molecule has 0 bridgehead atoms. The fourth-order valence-corrected chi connectivity index (χ4v) is 5.16. The molecule has 2 heterocycles. The van der Waals surface area contributed by atoms with E-state index in [0.717, 1.165) is 24.0 Å². The standard InChI is InChI=1S/C28H34FN3O3/c1-3-20-11-13-22(14-12-20)26(21-8-5-4-6-9-21)30-27(34)25-16-24(29)18-32(25)28(35)23-10-7-15-31(17-23)19(2)33/h4-6,8-9,11-14,23-26H,3,7,10,15-18H2,1-2H3,(H,30,34)/t23-,24+,25-,26-/m0/s1. The zero-order valence-corrected chi connectivity index (χ0v) is 20.5. The zero-order chi connectivity index (χ0) is 24.9. The molecule has 0 spiro atoms. The Morgan fingerprint density at radius 3 is 2.37 bits per heavy atom. The van der Waals surface area contributed by atoms with Gasteiger partial charge >= 0.3 is 0 Å². The fraction of sp³-hybridized carbons (Fsp3) is 0.464. The van der Waals surface area contributed by atoms with E-state index in [0.29, 0.717) is 19.5 Å². The van der Waals surface area contributed by atoms with Crippen molar-refractivity contribution in [2.24, 2.45) is 5.92 Å². The third-order valence-corrected chi connectivity index (χ3v) is 7.19. The maximum absolute atomic E-state index is 14.5. The molecule has 6 nitrogen and oxygen atoms in total. The molecular formula is C28H34FN3O3. The summed E-state index contributed by atoms with van der Waals surface area (Å²) in [4.78, 5) is 41.8. The third kappa shape index (κ3) is 5.72. The Kier molecular flexibility index (Phi) is 7.83. The van der Waals surface area contributed by atoms with Crippen LogP contribution in [0.3, 0.4) is 0 Å². The van der Waals surface area contributed by atoms with Gasteiger partial charge in [-0.2, -0.15) is 0 Å². The molecule has 2 aromatic carbocycles. The van der Waals surface area contributed by atoms with Crippen LogP contribution in [0.15, 0.2) is 54.6 Å². The van der Waals surface area contributed by atoms with Gasteiger partial charge in [0.25, 0.3) is 0 Å². The maximum Gasteiger partial charge on any atom is 0.243 e. The van der Waals surface area contributed by atoms with Crippen molar-refractivity contribution in [1.82, 2.24) is 15.1 Å². The van der Waals surface area contributed by atoms with Gasteiger partial charge in [0.05, 0.1) is 18.5 Å². The van der Waals surface area contributed by atoms with E-state index in [1.54, 1.807) is 4.90 Å². The average molecular weight is 480 g/mol. The SMILES string of the molecule is CCc1ccc([C@@H](NC(=O)[C@@H]2C[C@@H](F)CN2C(=O)[C@H]2CCCN(C(C)=O)C2)c2ccccc2)cc1. The molecule has 186 valence electrons. The molecule has 3 amide bonds. The summed E-state index contributed by atoms with van der Waals surface area (Å²) in [5.74, 6) is -1.06. The summed E-state index contributed by atoms with van der Waals surface area (Å²) < 4.78 is 14.5. The Balaban J connectivity index is 1.54. The van der Waals surface area contributed by atoms with Gasteiger partial charge in [0.2, 0.25) is 17.7 Å². The summed E-state index contributed by atoms with van der Waals surface area (Å²) in [6.07, 6.45) is 1.02. The lowest BCUT2D eigenvalue weighted by molar-refractivity contribution is -0.144. The van der Waals surface area contributed by atoms with Gasteiger partial charge < -0.3 is 15.1 Å². The van der Waals surface area contributed by atoms with Gasteiger partial charge in [0.1, 0.15) is 12.2 Å². The van der Waals surface area contributed by atoms with Crippen molar-refractivity contribution in [3.63, 3.8) is 0 Å². The summed E-state index contributed by atoms with van der Waals surface area (Å²) in [5.41, 5.74) is 3.05. The number of carbonyl (C=O) groups is 3. The minimum absolute atomic E-state index is 0.0169. The van der Waals surface area contributed by atoms with E-state index in [-0.39, 0.29) is 30.7 Å². The van der Waals surface area contributed by atoms with E-state index in [1.165, 1.54) is 17.4 Å². The number of alkyl halides is 1. The van der Waals surface area contributed by atoms with Crippen molar-refractivity contribution in [2.75, 3.05) is 19.6 Å². The summed E-state index contributed by atoms with van der Waals surface area (Å²) in [6.45, 7) is 4.45. The maximum atomic E-state index is 14.5. The van der Waals surface area contributed by atoms with Crippen LogP contribution in [0.4, 0.5) is 4.39 Å². The van der Waals surface area contributed by atoms with Crippen molar-refractivity contribution in [3.05, 3.63) is 71.3 Å². The number of carbonyl (C=O) groups excluding carboxylic acids is 3. The van der Waals surface area contributed by atoms with Gasteiger partial charge in [-0.25, -0.2) is 4.39 Å². The molecule has 0 saturated carbocycles. The normalized spacial score (nSPS) is 23.1. The Hall–Kier alpha value is -3.22. The first-order valence-electron chi connectivity index (χ1n) is 12.5. The van der Waals surface area contributed by atoms with E-state index in [4.69, 9.17) is 0 Å². The molecule has 2 aliphatic heterocycles. The number of nitrogens with one attached hydrogen (secondary N) is 1. The zero-order valence-electron chi connectivity index (χ0n) is 20.5. The monoisotopic (exact) mass is 479 g/mol. The molecule has 35 heavy (non-hydrogen) atoms. The number of piperidine rings is 1. The second-order valence-corrected chi connectivity index (χ2v) is 9.59. The minimum Gasteiger partial charge on any atom is -0.343 e. The second-order valence-electron chi connectivity index (χ2n) is 9.59. The van der Waals surface area contributed by atoms with E-state index in [2.05, 4.69) is 12.2 Å².